The molecule has 0 aliphatic carbocycles. The highest BCUT2D eigenvalue weighted by atomic mass is 16.5. The summed E-state index contributed by atoms with van der Waals surface area (Å²) in [6.45, 7) is 0.961. The van der Waals surface area contributed by atoms with Crippen LogP contribution in [0.5, 0.6) is 11.5 Å². The third kappa shape index (κ3) is 7.13. The maximum absolute atomic E-state index is 11.3. The van der Waals surface area contributed by atoms with Crippen molar-refractivity contribution in [1.82, 2.24) is 0 Å². The Morgan fingerprint density at radius 1 is 0.800 bits per heavy atom. The molecule has 0 fully saturated rings. The Morgan fingerprint density at radius 3 is 1.83 bits per heavy atom. The normalized spacial score (nSPS) is 10.7. The first kappa shape index (κ1) is 21.2. The third-order valence-corrected chi connectivity index (χ3v) is 4.45. The van der Waals surface area contributed by atoms with Crippen molar-refractivity contribution >= 4 is 12.0 Å². The van der Waals surface area contributed by atoms with Gasteiger partial charge >= 0.3 is 5.97 Å². The first-order valence-electron chi connectivity index (χ1n) is 9.95. The molecule has 0 aliphatic heterocycles. The van der Waals surface area contributed by atoms with Crippen molar-refractivity contribution in [2.45, 2.75) is 26.1 Å². The molecule has 0 atom stereocenters. The Morgan fingerprint density at radius 2 is 1.33 bits per heavy atom. The SMILES string of the molecule is COC(=O)CC/C=C/c1cc(OCc2ccccc2)cc(OCc2ccccc2)c1. The van der Waals surface area contributed by atoms with E-state index < -0.39 is 0 Å². The van der Waals surface area contributed by atoms with Gasteiger partial charge in [-0.25, -0.2) is 0 Å². The number of hydrogen-bond acceptors (Lipinski definition) is 4. The maximum Gasteiger partial charge on any atom is 0.305 e. The van der Waals surface area contributed by atoms with E-state index >= 15 is 0 Å². The lowest BCUT2D eigenvalue weighted by atomic mass is 10.1. The molecule has 0 amide bonds. The quantitative estimate of drug-likeness (QED) is 0.401. The van der Waals surface area contributed by atoms with Crippen LogP contribution in [0, 0.1) is 0 Å². The second-order valence-corrected chi connectivity index (χ2v) is 6.80. The van der Waals surface area contributed by atoms with E-state index in [-0.39, 0.29) is 5.97 Å². The van der Waals surface area contributed by atoms with Crippen LogP contribution in [0.3, 0.4) is 0 Å². The molecule has 30 heavy (non-hydrogen) atoms. The second kappa shape index (κ2) is 11.5. The molecule has 154 valence electrons. The van der Waals surface area contributed by atoms with Crippen molar-refractivity contribution in [3.8, 4) is 11.5 Å². The van der Waals surface area contributed by atoms with Crippen LogP contribution < -0.4 is 9.47 Å². The van der Waals surface area contributed by atoms with Gasteiger partial charge in [0.25, 0.3) is 0 Å². The molecule has 3 aromatic carbocycles. The summed E-state index contributed by atoms with van der Waals surface area (Å²) in [7, 11) is 1.40. The minimum absolute atomic E-state index is 0.216. The van der Waals surface area contributed by atoms with Crippen molar-refractivity contribution in [1.29, 1.82) is 0 Å². The fraction of sp³-hybridized carbons (Fsp3) is 0.192. The molecule has 0 unspecified atom stereocenters. The van der Waals surface area contributed by atoms with Crippen LogP contribution in [0.25, 0.3) is 6.08 Å². The van der Waals surface area contributed by atoms with Crippen molar-refractivity contribution in [3.05, 3.63) is 102 Å². The van der Waals surface area contributed by atoms with Gasteiger partial charge in [-0.3, -0.25) is 4.79 Å². The first-order valence-corrected chi connectivity index (χ1v) is 9.95. The summed E-state index contributed by atoms with van der Waals surface area (Å²) in [4.78, 5) is 11.3. The van der Waals surface area contributed by atoms with E-state index in [0.29, 0.717) is 26.1 Å². The smallest absolute Gasteiger partial charge is 0.305 e. The van der Waals surface area contributed by atoms with E-state index in [1.165, 1.54) is 7.11 Å². The fourth-order valence-corrected chi connectivity index (χ4v) is 2.86. The molecule has 3 aromatic rings. The van der Waals surface area contributed by atoms with E-state index in [0.717, 1.165) is 28.2 Å². The molecule has 0 N–H and O–H groups in total. The summed E-state index contributed by atoms with van der Waals surface area (Å²) in [6, 6.07) is 25.9. The molecule has 0 aromatic heterocycles. The maximum atomic E-state index is 11.3. The Kier molecular flexibility index (Phi) is 8.10. The minimum Gasteiger partial charge on any atom is -0.489 e. The van der Waals surface area contributed by atoms with Gasteiger partial charge in [-0.05, 0) is 35.2 Å². The fourth-order valence-electron chi connectivity index (χ4n) is 2.86. The molecule has 4 heteroatoms. The number of carbonyl (C=O) groups excluding carboxylic acids is 1. The lowest BCUT2D eigenvalue weighted by molar-refractivity contribution is -0.140. The van der Waals surface area contributed by atoms with Crippen molar-refractivity contribution in [2.75, 3.05) is 7.11 Å². The standard InChI is InChI=1S/C26H26O4/c1-28-26(27)15-9-8-14-23-16-24(29-19-21-10-4-2-5-11-21)18-25(17-23)30-20-22-12-6-3-7-13-22/h2-8,10-14,16-18H,9,15,19-20H2,1H3/b14-8+. The predicted octanol–water partition coefficient (Wildman–Crippen LogP) is 5.81. The van der Waals surface area contributed by atoms with Gasteiger partial charge in [0.1, 0.15) is 24.7 Å². The van der Waals surface area contributed by atoms with Crippen LogP contribution in [0.1, 0.15) is 29.5 Å². The van der Waals surface area contributed by atoms with E-state index in [1.807, 2.05) is 91.0 Å². The zero-order chi connectivity index (χ0) is 21.0. The van der Waals surface area contributed by atoms with Crippen molar-refractivity contribution in [2.24, 2.45) is 0 Å². The molecule has 0 saturated heterocycles. The lowest BCUT2D eigenvalue weighted by Gasteiger charge is -2.12. The summed E-state index contributed by atoms with van der Waals surface area (Å²) in [6.07, 6.45) is 4.89. The zero-order valence-corrected chi connectivity index (χ0v) is 17.1. The third-order valence-electron chi connectivity index (χ3n) is 4.45. The Hall–Kier alpha value is -3.53. The molecule has 0 aliphatic rings. The highest BCUT2D eigenvalue weighted by Crippen LogP contribution is 2.26. The number of rotatable bonds is 10. The number of esters is 1. The van der Waals surface area contributed by atoms with Crippen LogP contribution in [0.4, 0.5) is 0 Å². The van der Waals surface area contributed by atoms with Crippen LogP contribution in [-0.4, -0.2) is 13.1 Å². The van der Waals surface area contributed by atoms with Crippen molar-refractivity contribution in [3.63, 3.8) is 0 Å². The molecule has 0 heterocycles. The summed E-state index contributed by atoms with van der Waals surface area (Å²) in [5.74, 6) is 1.25. The zero-order valence-electron chi connectivity index (χ0n) is 17.1. The van der Waals surface area contributed by atoms with Crippen LogP contribution >= 0.6 is 0 Å². The Labute approximate surface area is 177 Å². The van der Waals surface area contributed by atoms with Gasteiger partial charge in [-0.2, -0.15) is 0 Å². The van der Waals surface area contributed by atoms with Crippen LogP contribution in [0.2, 0.25) is 0 Å². The number of methoxy groups -OCH3 is 1. The summed E-state index contributed by atoms with van der Waals surface area (Å²) in [5.41, 5.74) is 3.15. The van der Waals surface area contributed by atoms with Gasteiger partial charge in [0.05, 0.1) is 7.11 Å². The molecule has 0 saturated carbocycles. The number of ether oxygens (including phenoxy) is 3. The highest BCUT2D eigenvalue weighted by Gasteiger charge is 2.04. The largest absolute Gasteiger partial charge is 0.489 e. The molecule has 0 spiro atoms. The molecule has 0 radical (unpaired) electrons. The monoisotopic (exact) mass is 402 g/mol. The average Bonchev–Trinajstić information content (AvgIpc) is 2.80. The molecular formula is C26H26O4. The molecular weight excluding hydrogens is 376 g/mol. The highest BCUT2D eigenvalue weighted by molar-refractivity contribution is 5.69. The van der Waals surface area contributed by atoms with E-state index in [9.17, 15) is 4.79 Å². The van der Waals surface area contributed by atoms with Crippen LogP contribution in [0.15, 0.2) is 84.9 Å². The van der Waals surface area contributed by atoms with Gasteiger partial charge < -0.3 is 14.2 Å². The lowest BCUT2D eigenvalue weighted by Crippen LogP contribution is -1.99. The van der Waals surface area contributed by atoms with E-state index in [2.05, 4.69) is 4.74 Å². The molecule has 0 bridgehead atoms. The van der Waals surface area contributed by atoms with Crippen molar-refractivity contribution < 1.29 is 19.0 Å². The van der Waals surface area contributed by atoms with Gasteiger partial charge in [-0.1, -0.05) is 72.8 Å². The van der Waals surface area contributed by atoms with Gasteiger partial charge in [0.2, 0.25) is 0 Å². The topological polar surface area (TPSA) is 44.8 Å². The second-order valence-electron chi connectivity index (χ2n) is 6.80. The summed E-state index contributed by atoms with van der Waals surface area (Å²) >= 11 is 0. The Balaban J connectivity index is 1.70. The number of carbonyl (C=O) groups is 1. The number of hydrogen-bond donors (Lipinski definition) is 0. The van der Waals surface area contributed by atoms with E-state index in [4.69, 9.17) is 9.47 Å². The summed E-state index contributed by atoms with van der Waals surface area (Å²) in [5, 5.41) is 0. The number of allylic oxidation sites excluding steroid dienone is 1. The molecule has 3 rings (SSSR count). The van der Waals surface area contributed by atoms with Gasteiger partial charge in [0.15, 0.2) is 0 Å². The van der Waals surface area contributed by atoms with E-state index in [1.54, 1.807) is 0 Å². The Bertz CT molecular complexity index is 888. The van der Waals surface area contributed by atoms with Crippen LogP contribution in [-0.2, 0) is 22.7 Å². The molecule has 4 nitrogen and oxygen atoms in total. The van der Waals surface area contributed by atoms with Gasteiger partial charge in [-0.15, -0.1) is 0 Å². The first-order chi connectivity index (χ1) is 14.7. The summed E-state index contributed by atoms with van der Waals surface area (Å²) < 4.78 is 16.7. The number of benzene rings is 3. The average molecular weight is 402 g/mol. The predicted molar refractivity (Wildman–Crippen MR) is 118 cm³/mol. The van der Waals surface area contributed by atoms with Gasteiger partial charge in [0, 0.05) is 12.5 Å². The minimum atomic E-state index is -0.216.